The van der Waals surface area contributed by atoms with E-state index < -0.39 is 0 Å². The molecule has 7 rings (SSSR count). The maximum absolute atomic E-state index is 13.6. The molecule has 0 saturated heterocycles. The Hall–Kier alpha value is -4.79. The van der Waals surface area contributed by atoms with E-state index in [9.17, 15) is 9.59 Å². The normalized spacial score (nSPS) is 16.9. The van der Waals surface area contributed by atoms with Crippen LogP contribution in [0.3, 0.4) is 0 Å². The van der Waals surface area contributed by atoms with Gasteiger partial charge in [-0.2, -0.15) is 0 Å². The second-order valence-electron chi connectivity index (χ2n) is 9.18. The lowest BCUT2D eigenvalue weighted by molar-refractivity contribution is 0.0693. The molecule has 2 aromatic carbocycles. The summed E-state index contributed by atoms with van der Waals surface area (Å²) in [6.07, 6.45) is 8.89. The van der Waals surface area contributed by atoms with Crippen LogP contribution in [-0.2, 0) is 6.42 Å². The molecule has 3 aliphatic rings. The van der Waals surface area contributed by atoms with Crippen molar-refractivity contribution in [1.82, 2.24) is 25.2 Å². The smallest absolute Gasteiger partial charge is 0.257 e. The molecule has 2 aromatic heterocycles. The average Bonchev–Trinajstić information content (AvgIpc) is 2.96. The van der Waals surface area contributed by atoms with Gasteiger partial charge in [-0.15, -0.1) is 0 Å². The third-order valence-corrected chi connectivity index (χ3v) is 6.67. The van der Waals surface area contributed by atoms with Gasteiger partial charge in [-0.3, -0.25) is 14.6 Å². The molecule has 2 amide bonds. The van der Waals surface area contributed by atoms with Crippen molar-refractivity contribution in [1.29, 1.82) is 0 Å². The predicted octanol–water partition coefficient (Wildman–Crippen LogP) is 3.96. The van der Waals surface area contributed by atoms with Crippen LogP contribution in [0.5, 0.6) is 17.2 Å². The van der Waals surface area contributed by atoms with Crippen LogP contribution in [0.1, 0.15) is 49.9 Å². The molecule has 38 heavy (non-hydrogen) atoms. The molecule has 1 N–H and O–H groups in total. The van der Waals surface area contributed by atoms with Crippen LogP contribution in [-0.4, -0.2) is 51.4 Å². The van der Waals surface area contributed by atoms with Gasteiger partial charge in [0.25, 0.3) is 11.8 Å². The minimum absolute atomic E-state index is 0.131. The SMILES string of the molecule is O=C1NCCCOc2cccc(c2)C2c3ccc(cc3CCN2C(=O)c2cncnc2)Oc2cncc1c2. The average molecular weight is 508 g/mol. The topological polar surface area (TPSA) is 107 Å². The summed E-state index contributed by atoms with van der Waals surface area (Å²) in [5.74, 6) is 1.47. The largest absolute Gasteiger partial charge is 0.494 e. The summed E-state index contributed by atoms with van der Waals surface area (Å²) in [6, 6.07) is 15.0. The van der Waals surface area contributed by atoms with Crippen molar-refractivity contribution in [2.75, 3.05) is 19.7 Å². The Balaban J connectivity index is 1.43. The molecule has 4 aromatic rings. The number of rotatable bonds is 1. The summed E-state index contributed by atoms with van der Waals surface area (Å²) in [5, 5.41) is 2.90. The number of carbonyl (C=O) groups excluding carboxylic acids is 2. The molecule has 9 heteroatoms. The number of nitrogens with one attached hydrogen (secondary N) is 1. The number of hydrogen-bond acceptors (Lipinski definition) is 7. The highest BCUT2D eigenvalue weighted by Gasteiger charge is 2.33. The van der Waals surface area contributed by atoms with Crippen LogP contribution in [0.25, 0.3) is 0 Å². The minimum atomic E-state index is -0.327. The zero-order chi connectivity index (χ0) is 25.9. The minimum Gasteiger partial charge on any atom is -0.494 e. The van der Waals surface area contributed by atoms with Gasteiger partial charge in [0.2, 0.25) is 0 Å². The number of fused-ring (bicyclic) bond motifs is 6. The molecule has 5 heterocycles. The van der Waals surface area contributed by atoms with Gasteiger partial charge in [0.1, 0.15) is 23.6 Å². The number of carbonyl (C=O) groups is 2. The second-order valence-corrected chi connectivity index (χ2v) is 9.18. The molecule has 0 fully saturated rings. The molecule has 9 nitrogen and oxygen atoms in total. The van der Waals surface area contributed by atoms with Crippen LogP contribution >= 0.6 is 0 Å². The van der Waals surface area contributed by atoms with Crippen LogP contribution in [0.4, 0.5) is 0 Å². The first-order chi connectivity index (χ1) is 18.7. The van der Waals surface area contributed by atoms with Crippen LogP contribution in [0.2, 0.25) is 0 Å². The van der Waals surface area contributed by atoms with Crippen LogP contribution in [0.15, 0.2) is 79.6 Å². The van der Waals surface area contributed by atoms with Crippen molar-refractivity contribution in [3.63, 3.8) is 0 Å². The van der Waals surface area contributed by atoms with Gasteiger partial charge in [-0.25, -0.2) is 9.97 Å². The molecule has 1 atom stereocenters. The van der Waals surface area contributed by atoms with Crippen molar-refractivity contribution in [2.24, 2.45) is 0 Å². The molecular formula is C29H25N5O4. The van der Waals surface area contributed by atoms with Crippen LogP contribution < -0.4 is 14.8 Å². The van der Waals surface area contributed by atoms with Gasteiger partial charge in [-0.1, -0.05) is 18.2 Å². The molecule has 0 spiro atoms. The third kappa shape index (κ3) is 4.78. The molecular weight excluding hydrogens is 482 g/mol. The summed E-state index contributed by atoms with van der Waals surface area (Å²) in [7, 11) is 0. The summed E-state index contributed by atoms with van der Waals surface area (Å²) < 4.78 is 12.1. The third-order valence-electron chi connectivity index (χ3n) is 6.67. The number of ether oxygens (including phenoxy) is 2. The van der Waals surface area contributed by atoms with Crippen molar-refractivity contribution in [3.05, 3.63) is 107 Å². The van der Waals surface area contributed by atoms with Crippen molar-refractivity contribution >= 4 is 11.8 Å². The lowest BCUT2D eigenvalue weighted by atomic mass is 9.87. The number of aromatic nitrogens is 3. The zero-order valence-corrected chi connectivity index (χ0v) is 20.5. The number of amides is 2. The van der Waals surface area contributed by atoms with E-state index in [-0.39, 0.29) is 17.9 Å². The van der Waals surface area contributed by atoms with Crippen molar-refractivity contribution in [2.45, 2.75) is 18.9 Å². The van der Waals surface area contributed by atoms with Gasteiger partial charge < -0.3 is 19.7 Å². The van der Waals surface area contributed by atoms with E-state index in [4.69, 9.17) is 9.47 Å². The molecule has 190 valence electrons. The maximum atomic E-state index is 13.6. The van der Waals surface area contributed by atoms with Crippen molar-refractivity contribution < 1.29 is 19.1 Å². The molecule has 0 saturated carbocycles. The first kappa shape index (κ1) is 23.6. The molecule has 0 aliphatic carbocycles. The van der Waals surface area contributed by atoms with E-state index in [0.29, 0.717) is 60.9 Å². The maximum Gasteiger partial charge on any atom is 0.257 e. The number of benzene rings is 2. The fraction of sp³-hybridized carbons (Fsp3) is 0.207. The molecule has 1 unspecified atom stereocenters. The van der Waals surface area contributed by atoms with Gasteiger partial charge in [0, 0.05) is 31.7 Å². The molecule has 0 radical (unpaired) electrons. The zero-order valence-electron chi connectivity index (χ0n) is 20.5. The van der Waals surface area contributed by atoms with Gasteiger partial charge in [0.15, 0.2) is 0 Å². The lowest BCUT2D eigenvalue weighted by Crippen LogP contribution is -2.40. The summed E-state index contributed by atoms with van der Waals surface area (Å²) in [5.41, 5.74) is 3.90. The van der Waals surface area contributed by atoms with E-state index in [2.05, 4.69) is 20.3 Å². The number of nitrogens with zero attached hydrogens (tertiary/aromatic N) is 4. The summed E-state index contributed by atoms with van der Waals surface area (Å²) in [4.78, 5) is 40.3. The summed E-state index contributed by atoms with van der Waals surface area (Å²) >= 11 is 0. The highest BCUT2D eigenvalue weighted by Crippen LogP contribution is 2.39. The van der Waals surface area contributed by atoms with Crippen molar-refractivity contribution in [3.8, 4) is 17.2 Å². The van der Waals surface area contributed by atoms with Crippen LogP contribution in [0, 0.1) is 0 Å². The fourth-order valence-electron chi connectivity index (χ4n) is 4.90. The predicted molar refractivity (Wildman–Crippen MR) is 138 cm³/mol. The summed E-state index contributed by atoms with van der Waals surface area (Å²) in [6.45, 7) is 1.40. The highest BCUT2D eigenvalue weighted by atomic mass is 16.5. The highest BCUT2D eigenvalue weighted by molar-refractivity contribution is 5.95. The Labute approximate surface area is 219 Å². The second kappa shape index (κ2) is 10.3. The lowest BCUT2D eigenvalue weighted by Gasteiger charge is -2.38. The van der Waals surface area contributed by atoms with E-state index in [1.54, 1.807) is 24.7 Å². The van der Waals surface area contributed by atoms with E-state index in [0.717, 1.165) is 16.7 Å². The fourth-order valence-corrected chi connectivity index (χ4v) is 4.90. The molecule has 3 aliphatic heterocycles. The van der Waals surface area contributed by atoms with E-state index in [1.165, 1.54) is 12.5 Å². The van der Waals surface area contributed by atoms with Gasteiger partial charge in [0.05, 0.1) is 30.0 Å². The Kier molecular flexibility index (Phi) is 6.39. The first-order valence-corrected chi connectivity index (χ1v) is 12.5. The van der Waals surface area contributed by atoms with Gasteiger partial charge in [-0.05, 0) is 59.9 Å². The van der Waals surface area contributed by atoms with E-state index >= 15 is 0 Å². The quantitative estimate of drug-likeness (QED) is 0.416. The Morgan fingerprint density at radius 2 is 1.84 bits per heavy atom. The van der Waals surface area contributed by atoms with E-state index in [1.807, 2.05) is 47.4 Å². The number of hydrogen-bond donors (Lipinski definition) is 1. The van der Waals surface area contributed by atoms with Gasteiger partial charge >= 0.3 is 0 Å². The Bertz CT molecular complexity index is 1490. The monoisotopic (exact) mass is 507 g/mol. The molecule has 8 bridgehead atoms. The number of pyridine rings is 1. The Morgan fingerprint density at radius 3 is 2.74 bits per heavy atom. The Morgan fingerprint density at radius 1 is 0.947 bits per heavy atom. The standard InChI is InChI=1S/C29H25N5O4/c35-28-21-13-25(17-30-14-21)38-24-5-6-26-19(11-24)7-9-34(29(36)22-15-31-18-32-16-22)27(26)20-3-1-4-23(12-20)37-10-2-8-33-28/h1,3-6,11-18,27H,2,7-10H2,(H,33,35). The first-order valence-electron chi connectivity index (χ1n) is 12.5.